The highest BCUT2D eigenvalue weighted by molar-refractivity contribution is 6.34. The van der Waals surface area contributed by atoms with Crippen LogP contribution in [0.25, 0.3) is 0 Å². The van der Waals surface area contributed by atoms with E-state index in [1.54, 1.807) is 32.0 Å². The van der Waals surface area contributed by atoms with Gasteiger partial charge in [0.2, 0.25) is 0 Å². The minimum Gasteiger partial charge on any atom is -0.371 e. The van der Waals surface area contributed by atoms with Gasteiger partial charge in [0.15, 0.2) is 0 Å². The molecular weight excluding hydrogens is 517 g/mol. The van der Waals surface area contributed by atoms with Crippen molar-refractivity contribution in [3.63, 3.8) is 0 Å². The number of hydrogen-bond acceptors (Lipinski definition) is 4. The number of anilines is 1. The van der Waals surface area contributed by atoms with Crippen molar-refractivity contribution in [3.8, 4) is 0 Å². The first-order valence-corrected chi connectivity index (χ1v) is 13.2. The molecule has 4 rings (SSSR count). The van der Waals surface area contributed by atoms with E-state index in [2.05, 4.69) is 4.90 Å². The summed E-state index contributed by atoms with van der Waals surface area (Å²) in [6.45, 7) is 3.73. The zero-order valence-electron chi connectivity index (χ0n) is 21.9. The van der Waals surface area contributed by atoms with E-state index >= 15 is 0 Å². The van der Waals surface area contributed by atoms with Crippen molar-refractivity contribution in [2.75, 3.05) is 45.2 Å². The molecule has 0 aromatic heterocycles. The minimum absolute atomic E-state index is 0.122. The number of carbonyl (C=O) groups is 1. The number of likely N-dealkylation sites (tertiary alicyclic amines) is 1. The fraction of sp³-hybridized carbons (Fsp3) is 0.500. The van der Waals surface area contributed by atoms with Gasteiger partial charge in [0.1, 0.15) is 5.84 Å². The van der Waals surface area contributed by atoms with Gasteiger partial charge in [0, 0.05) is 57.1 Å². The van der Waals surface area contributed by atoms with Crippen molar-refractivity contribution in [1.82, 2.24) is 9.80 Å². The van der Waals surface area contributed by atoms with E-state index in [0.29, 0.717) is 27.9 Å². The maximum Gasteiger partial charge on any atom is 0.430 e. The van der Waals surface area contributed by atoms with Gasteiger partial charge in [0.25, 0.3) is 11.5 Å². The fourth-order valence-electron chi connectivity index (χ4n) is 5.42. The molecule has 2 aliphatic heterocycles. The quantitative estimate of drug-likeness (QED) is 0.390. The fourth-order valence-corrected chi connectivity index (χ4v) is 5.69. The number of amidine groups is 1. The molecule has 38 heavy (non-hydrogen) atoms. The first kappa shape index (κ1) is 28.2. The zero-order valence-corrected chi connectivity index (χ0v) is 22.6. The second kappa shape index (κ2) is 10.8. The number of halogens is 4. The lowest BCUT2D eigenvalue weighted by atomic mass is 9.82. The lowest BCUT2D eigenvalue weighted by Crippen LogP contribution is -2.61. The molecule has 2 saturated heterocycles. The second-order valence-electron chi connectivity index (χ2n) is 10.7. The molecule has 2 heterocycles. The van der Waals surface area contributed by atoms with E-state index in [-0.39, 0.29) is 19.0 Å². The van der Waals surface area contributed by atoms with Crippen LogP contribution in [0.5, 0.6) is 0 Å². The molecule has 2 aromatic rings. The first-order valence-electron chi connectivity index (χ1n) is 12.8. The number of alkyl halides is 3. The SMILES string of the molecule is Cc1cccc(C(O)(C(=O)N2CC(CC3CCN(c4ccc(C(=N)N(C)C)c(Cl)c4)CC3)C2)C(F)(F)F)c1. The molecule has 2 aromatic carbocycles. The standard InChI is InChI=1S/C28H34ClF3N4O2/c1-18-5-4-6-21(13-18)27(38,28(30,31)32)26(37)36-16-20(17-36)14-19-9-11-35(12-10-19)22-7-8-23(24(29)15-22)25(33)34(2)3/h4-8,13,15,19-20,33,38H,9-12,14,16-17H2,1-3H3. The highest BCUT2D eigenvalue weighted by atomic mass is 35.5. The molecule has 0 aliphatic carbocycles. The van der Waals surface area contributed by atoms with Gasteiger partial charge < -0.3 is 19.8 Å². The Morgan fingerprint density at radius 3 is 2.32 bits per heavy atom. The van der Waals surface area contributed by atoms with Crippen LogP contribution in [0.15, 0.2) is 42.5 Å². The average Bonchev–Trinajstić information content (AvgIpc) is 2.84. The smallest absolute Gasteiger partial charge is 0.371 e. The molecule has 1 unspecified atom stereocenters. The Labute approximate surface area is 226 Å². The molecule has 10 heteroatoms. The maximum absolute atomic E-state index is 13.9. The Kier molecular flexibility index (Phi) is 8.00. The normalized spacial score (nSPS) is 18.6. The van der Waals surface area contributed by atoms with Gasteiger partial charge in [-0.05, 0) is 56.2 Å². The maximum atomic E-state index is 13.9. The monoisotopic (exact) mass is 550 g/mol. The summed E-state index contributed by atoms with van der Waals surface area (Å²) in [6.07, 6.45) is -2.41. The van der Waals surface area contributed by atoms with E-state index in [4.69, 9.17) is 17.0 Å². The molecule has 2 N–H and O–H groups in total. The highest BCUT2D eigenvalue weighted by Gasteiger charge is 2.63. The number of amides is 1. The van der Waals surface area contributed by atoms with E-state index in [9.17, 15) is 23.1 Å². The molecule has 1 atom stereocenters. The Balaban J connectivity index is 1.31. The summed E-state index contributed by atoms with van der Waals surface area (Å²) in [4.78, 5) is 18.0. The number of carbonyl (C=O) groups excluding carboxylic acids is 1. The van der Waals surface area contributed by atoms with Crippen molar-refractivity contribution >= 4 is 29.0 Å². The molecule has 0 saturated carbocycles. The molecule has 2 aliphatic rings. The van der Waals surface area contributed by atoms with Crippen molar-refractivity contribution in [1.29, 1.82) is 5.41 Å². The van der Waals surface area contributed by atoms with Crippen LogP contribution in [0.4, 0.5) is 18.9 Å². The van der Waals surface area contributed by atoms with E-state index < -0.39 is 23.2 Å². The summed E-state index contributed by atoms with van der Waals surface area (Å²) < 4.78 is 41.8. The lowest BCUT2D eigenvalue weighted by Gasteiger charge is -2.45. The third kappa shape index (κ3) is 5.50. The molecule has 0 bridgehead atoms. The largest absolute Gasteiger partial charge is 0.430 e. The summed E-state index contributed by atoms with van der Waals surface area (Å²) in [5.41, 5.74) is -1.77. The van der Waals surface area contributed by atoms with Crippen LogP contribution in [-0.2, 0) is 10.4 Å². The summed E-state index contributed by atoms with van der Waals surface area (Å²) in [5, 5.41) is 19.3. The van der Waals surface area contributed by atoms with Gasteiger partial charge in [-0.3, -0.25) is 10.2 Å². The third-order valence-corrected chi connectivity index (χ3v) is 8.01. The lowest BCUT2D eigenvalue weighted by molar-refractivity contribution is -0.264. The Bertz CT molecular complexity index is 1190. The molecule has 6 nitrogen and oxygen atoms in total. The number of aliphatic hydroxyl groups is 1. The van der Waals surface area contributed by atoms with E-state index in [1.807, 2.05) is 18.2 Å². The molecular formula is C28H34ClF3N4O2. The van der Waals surface area contributed by atoms with E-state index in [0.717, 1.165) is 49.0 Å². The van der Waals surface area contributed by atoms with Crippen LogP contribution in [-0.4, -0.2) is 73.1 Å². The summed E-state index contributed by atoms with van der Waals surface area (Å²) in [5.74, 6) is -0.412. The summed E-state index contributed by atoms with van der Waals surface area (Å²) >= 11 is 6.44. The molecule has 2 fully saturated rings. The van der Waals surface area contributed by atoms with Crippen LogP contribution >= 0.6 is 11.6 Å². The van der Waals surface area contributed by atoms with Gasteiger partial charge in [-0.15, -0.1) is 0 Å². The molecule has 1 amide bonds. The Morgan fingerprint density at radius 1 is 1.11 bits per heavy atom. The minimum atomic E-state index is -5.12. The molecule has 0 radical (unpaired) electrons. The number of piperidine rings is 1. The van der Waals surface area contributed by atoms with Crippen LogP contribution in [0.2, 0.25) is 5.02 Å². The molecule has 0 spiro atoms. The van der Waals surface area contributed by atoms with E-state index in [1.165, 1.54) is 12.1 Å². The van der Waals surface area contributed by atoms with Crippen LogP contribution in [0.3, 0.4) is 0 Å². The van der Waals surface area contributed by atoms with Gasteiger partial charge in [-0.1, -0.05) is 41.4 Å². The molecule has 206 valence electrons. The number of aryl methyl sites for hydroxylation is 1. The predicted octanol–water partition coefficient (Wildman–Crippen LogP) is 5.05. The first-order chi connectivity index (χ1) is 17.8. The van der Waals surface area contributed by atoms with Crippen molar-refractivity contribution in [3.05, 3.63) is 64.2 Å². The highest BCUT2D eigenvalue weighted by Crippen LogP contribution is 2.42. The third-order valence-electron chi connectivity index (χ3n) is 7.70. The predicted molar refractivity (Wildman–Crippen MR) is 143 cm³/mol. The van der Waals surface area contributed by atoms with Crippen molar-refractivity contribution in [2.24, 2.45) is 11.8 Å². The van der Waals surface area contributed by atoms with Crippen molar-refractivity contribution in [2.45, 2.75) is 38.0 Å². The van der Waals surface area contributed by atoms with Gasteiger partial charge in [-0.25, -0.2) is 0 Å². The Morgan fingerprint density at radius 2 is 1.76 bits per heavy atom. The second-order valence-corrected chi connectivity index (χ2v) is 11.1. The average molecular weight is 551 g/mol. The number of nitrogens with one attached hydrogen (secondary N) is 1. The van der Waals surface area contributed by atoms with Gasteiger partial charge in [0.05, 0.1) is 5.02 Å². The van der Waals surface area contributed by atoms with Crippen LogP contribution < -0.4 is 4.90 Å². The number of hydrogen-bond donors (Lipinski definition) is 2. The number of rotatable bonds is 6. The Hall–Kier alpha value is -2.78. The topological polar surface area (TPSA) is 70.9 Å². The van der Waals surface area contributed by atoms with Gasteiger partial charge >= 0.3 is 6.18 Å². The van der Waals surface area contributed by atoms with Crippen LogP contribution in [0, 0.1) is 24.2 Å². The zero-order chi connectivity index (χ0) is 27.8. The number of nitrogens with zero attached hydrogens (tertiary/aromatic N) is 3. The van der Waals surface area contributed by atoms with Crippen molar-refractivity contribution < 1.29 is 23.1 Å². The number of benzene rings is 2. The van der Waals surface area contributed by atoms with Gasteiger partial charge in [-0.2, -0.15) is 13.2 Å². The van der Waals surface area contributed by atoms with Crippen LogP contribution in [0.1, 0.15) is 36.0 Å². The summed E-state index contributed by atoms with van der Waals surface area (Å²) in [7, 11) is 3.60. The summed E-state index contributed by atoms with van der Waals surface area (Å²) in [6, 6.07) is 11.1.